The lowest BCUT2D eigenvalue weighted by Gasteiger charge is -2.02. The standard InChI is InChI=1S/C6H11NO2S/c1-3-4-10(8,9)5-6(2)7/h1,6H,4-5,7H2,2H3. The van der Waals surface area contributed by atoms with Crippen LogP contribution in [0.5, 0.6) is 0 Å². The van der Waals surface area contributed by atoms with Gasteiger partial charge in [-0.2, -0.15) is 0 Å². The van der Waals surface area contributed by atoms with Gasteiger partial charge in [0, 0.05) is 6.04 Å². The summed E-state index contributed by atoms with van der Waals surface area (Å²) >= 11 is 0. The summed E-state index contributed by atoms with van der Waals surface area (Å²) in [5.41, 5.74) is 5.26. The molecular weight excluding hydrogens is 150 g/mol. The fourth-order valence-electron chi connectivity index (χ4n) is 0.586. The van der Waals surface area contributed by atoms with Gasteiger partial charge in [0.05, 0.1) is 5.75 Å². The zero-order chi connectivity index (χ0) is 8.20. The highest BCUT2D eigenvalue weighted by Gasteiger charge is 2.10. The Kier molecular flexibility index (Phi) is 3.40. The van der Waals surface area contributed by atoms with Crippen LogP contribution in [0.4, 0.5) is 0 Å². The monoisotopic (exact) mass is 161 g/mol. The fourth-order valence-corrected chi connectivity index (χ4v) is 1.76. The summed E-state index contributed by atoms with van der Waals surface area (Å²) in [7, 11) is -3.09. The van der Waals surface area contributed by atoms with Gasteiger partial charge in [0.15, 0.2) is 9.84 Å². The molecule has 0 aliphatic carbocycles. The molecule has 0 aromatic carbocycles. The van der Waals surface area contributed by atoms with Crippen LogP contribution in [0.1, 0.15) is 6.92 Å². The summed E-state index contributed by atoms with van der Waals surface area (Å²) in [4.78, 5) is 0. The Hall–Kier alpha value is -0.530. The van der Waals surface area contributed by atoms with Crippen LogP contribution in [0.15, 0.2) is 0 Å². The van der Waals surface area contributed by atoms with E-state index in [0.29, 0.717) is 0 Å². The molecule has 0 radical (unpaired) electrons. The highest BCUT2D eigenvalue weighted by Crippen LogP contribution is 1.90. The molecule has 1 atom stereocenters. The van der Waals surface area contributed by atoms with Crippen LogP contribution in [0.3, 0.4) is 0 Å². The SMILES string of the molecule is C#CCS(=O)(=O)CC(C)N. The first kappa shape index (κ1) is 9.47. The van der Waals surface area contributed by atoms with Crippen molar-refractivity contribution in [3.05, 3.63) is 0 Å². The van der Waals surface area contributed by atoms with Crippen molar-refractivity contribution in [1.82, 2.24) is 0 Å². The molecule has 4 heteroatoms. The third kappa shape index (κ3) is 4.36. The van der Waals surface area contributed by atoms with Crippen molar-refractivity contribution in [3.63, 3.8) is 0 Å². The van der Waals surface area contributed by atoms with Crippen molar-refractivity contribution < 1.29 is 8.42 Å². The van der Waals surface area contributed by atoms with Crippen LogP contribution >= 0.6 is 0 Å². The molecule has 10 heavy (non-hydrogen) atoms. The number of nitrogens with two attached hydrogens (primary N) is 1. The lowest BCUT2D eigenvalue weighted by atomic mass is 10.4. The Morgan fingerprint density at radius 1 is 1.70 bits per heavy atom. The van der Waals surface area contributed by atoms with Crippen LogP contribution in [0.2, 0.25) is 0 Å². The minimum Gasteiger partial charge on any atom is -0.327 e. The molecule has 0 heterocycles. The third-order valence-electron chi connectivity index (χ3n) is 0.820. The second-order valence-corrected chi connectivity index (χ2v) is 4.35. The zero-order valence-corrected chi connectivity index (χ0v) is 6.69. The van der Waals surface area contributed by atoms with E-state index in [-0.39, 0.29) is 17.5 Å². The summed E-state index contributed by atoms with van der Waals surface area (Å²) in [6.45, 7) is 1.63. The number of hydrogen-bond acceptors (Lipinski definition) is 3. The van der Waals surface area contributed by atoms with E-state index in [1.54, 1.807) is 6.92 Å². The van der Waals surface area contributed by atoms with E-state index in [1.165, 1.54) is 0 Å². The number of sulfone groups is 1. The van der Waals surface area contributed by atoms with Gasteiger partial charge in [-0.05, 0) is 6.92 Å². The summed E-state index contributed by atoms with van der Waals surface area (Å²) in [6.07, 6.45) is 4.82. The van der Waals surface area contributed by atoms with Gasteiger partial charge in [0.25, 0.3) is 0 Å². The quantitative estimate of drug-likeness (QED) is 0.561. The van der Waals surface area contributed by atoms with Gasteiger partial charge in [0.2, 0.25) is 0 Å². The molecule has 0 bridgehead atoms. The van der Waals surface area contributed by atoms with Crippen molar-refractivity contribution in [2.24, 2.45) is 5.73 Å². The first-order chi connectivity index (χ1) is 4.48. The van der Waals surface area contributed by atoms with Crippen molar-refractivity contribution in [1.29, 1.82) is 0 Å². The molecule has 58 valence electrons. The minimum absolute atomic E-state index is 0.0306. The molecule has 0 saturated heterocycles. The van der Waals surface area contributed by atoms with Crippen LogP contribution < -0.4 is 5.73 Å². The largest absolute Gasteiger partial charge is 0.327 e. The molecule has 0 aliphatic rings. The van der Waals surface area contributed by atoms with Gasteiger partial charge >= 0.3 is 0 Å². The second-order valence-electron chi connectivity index (χ2n) is 2.24. The van der Waals surface area contributed by atoms with Gasteiger partial charge in [-0.1, -0.05) is 5.92 Å². The predicted molar refractivity (Wildman–Crippen MR) is 41.1 cm³/mol. The molecular formula is C6H11NO2S. The molecule has 0 spiro atoms. The first-order valence-electron chi connectivity index (χ1n) is 2.87. The maximum Gasteiger partial charge on any atom is 0.163 e. The van der Waals surface area contributed by atoms with Crippen LogP contribution in [-0.4, -0.2) is 26.0 Å². The van der Waals surface area contributed by atoms with Crippen molar-refractivity contribution in [2.45, 2.75) is 13.0 Å². The molecule has 0 amide bonds. The highest BCUT2D eigenvalue weighted by molar-refractivity contribution is 7.91. The van der Waals surface area contributed by atoms with Crippen LogP contribution in [-0.2, 0) is 9.84 Å². The van der Waals surface area contributed by atoms with E-state index in [9.17, 15) is 8.42 Å². The average Bonchev–Trinajstić information content (AvgIpc) is 1.59. The zero-order valence-electron chi connectivity index (χ0n) is 5.87. The number of terminal acetylenes is 1. The van der Waals surface area contributed by atoms with Gasteiger partial charge < -0.3 is 5.73 Å². The molecule has 0 saturated carbocycles. The van der Waals surface area contributed by atoms with E-state index >= 15 is 0 Å². The molecule has 0 aromatic rings. The molecule has 3 nitrogen and oxygen atoms in total. The van der Waals surface area contributed by atoms with Gasteiger partial charge in [-0.25, -0.2) is 8.42 Å². The normalized spacial score (nSPS) is 14.1. The van der Waals surface area contributed by atoms with E-state index in [1.807, 2.05) is 0 Å². The summed E-state index contributed by atoms with van der Waals surface area (Å²) < 4.78 is 21.6. The Morgan fingerprint density at radius 2 is 2.20 bits per heavy atom. The first-order valence-corrected chi connectivity index (χ1v) is 4.69. The Balaban J connectivity index is 4.05. The van der Waals surface area contributed by atoms with E-state index in [0.717, 1.165) is 0 Å². The smallest absolute Gasteiger partial charge is 0.163 e. The third-order valence-corrected chi connectivity index (χ3v) is 2.46. The topological polar surface area (TPSA) is 60.2 Å². The summed E-state index contributed by atoms with van der Waals surface area (Å²) in [5.74, 6) is 1.83. The summed E-state index contributed by atoms with van der Waals surface area (Å²) in [5, 5.41) is 0. The lowest BCUT2D eigenvalue weighted by molar-refractivity contribution is 0.593. The molecule has 0 fully saturated rings. The number of rotatable bonds is 3. The van der Waals surface area contributed by atoms with Crippen molar-refractivity contribution in [3.8, 4) is 12.3 Å². The Morgan fingerprint density at radius 3 is 2.50 bits per heavy atom. The van der Waals surface area contributed by atoms with Gasteiger partial charge in [-0.3, -0.25) is 0 Å². The average molecular weight is 161 g/mol. The van der Waals surface area contributed by atoms with Crippen LogP contribution in [0.25, 0.3) is 0 Å². The van der Waals surface area contributed by atoms with Crippen molar-refractivity contribution in [2.75, 3.05) is 11.5 Å². The minimum atomic E-state index is -3.09. The Bertz CT molecular complexity index is 223. The molecule has 0 aromatic heterocycles. The van der Waals surface area contributed by atoms with Crippen LogP contribution in [0, 0.1) is 12.3 Å². The van der Waals surface area contributed by atoms with Crippen molar-refractivity contribution >= 4 is 9.84 Å². The molecule has 2 N–H and O–H groups in total. The van der Waals surface area contributed by atoms with Gasteiger partial charge in [-0.15, -0.1) is 6.42 Å². The van der Waals surface area contributed by atoms with Gasteiger partial charge in [0.1, 0.15) is 5.75 Å². The molecule has 0 rings (SSSR count). The highest BCUT2D eigenvalue weighted by atomic mass is 32.2. The second kappa shape index (κ2) is 3.59. The maximum atomic E-state index is 10.8. The molecule has 0 aliphatic heterocycles. The number of hydrogen-bond donors (Lipinski definition) is 1. The maximum absolute atomic E-state index is 10.8. The van der Waals surface area contributed by atoms with E-state index in [2.05, 4.69) is 5.92 Å². The van der Waals surface area contributed by atoms with E-state index in [4.69, 9.17) is 12.2 Å². The lowest BCUT2D eigenvalue weighted by Crippen LogP contribution is -2.27. The van der Waals surface area contributed by atoms with E-state index < -0.39 is 9.84 Å². The molecule has 1 unspecified atom stereocenters. The predicted octanol–water partition coefficient (Wildman–Crippen LogP) is -0.618. The summed E-state index contributed by atoms with van der Waals surface area (Å²) in [6, 6.07) is -0.335. The fraction of sp³-hybridized carbons (Fsp3) is 0.667. The Labute approximate surface area is 61.5 Å².